The molecule has 1 saturated heterocycles. The molecule has 1 aliphatic rings. The molecule has 1 heterocycles. The van der Waals surface area contributed by atoms with Gasteiger partial charge in [0, 0.05) is 38.2 Å². The van der Waals surface area contributed by atoms with Gasteiger partial charge in [-0.15, -0.1) is 0 Å². The van der Waals surface area contributed by atoms with Gasteiger partial charge in [0.15, 0.2) is 11.5 Å². The van der Waals surface area contributed by atoms with Crippen molar-refractivity contribution in [3.63, 3.8) is 0 Å². The molecule has 6 heteroatoms. The highest BCUT2D eigenvalue weighted by molar-refractivity contribution is 5.94. The number of piperazine rings is 1. The molecule has 1 fully saturated rings. The third kappa shape index (κ3) is 5.57. The van der Waals surface area contributed by atoms with E-state index in [-0.39, 0.29) is 11.8 Å². The number of carbonyl (C=O) groups excluding carboxylic acids is 2. The molecule has 0 aromatic heterocycles. The molecule has 166 valence electrons. The number of hydrogen-bond donors (Lipinski definition) is 0. The topological polar surface area (TPSA) is 59.1 Å². The van der Waals surface area contributed by atoms with E-state index < -0.39 is 0 Å². The minimum Gasteiger partial charge on any atom is -0.493 e. The number of benzene rings is 2. The molecule has 0 bridgehead atoms. The highest BCUT2D eigenvalue weighted by atomic mass is 16.5. The van der Waals surface area contributed by atoms with Crippen LogP contribution in [0.4, 0.5) is 0 Å². The third-order valence-corrected chi connectivity index (χ3v) is 5.83. The summed E-state index contributed by atoms with van der Waals surface area (Å²) in [6.07, 6.45) is 1.08. The first-order valence-corrected chi connectivity index (χ1v) is 10.9. The van der Waals surface area contributed by atoms with Crippen LogP contribution < -0.4 is 9.47 Å². The summed E-state index contributed by atoms with van der Waals surface area (Å²) in [5, 5.41) is 0. The van der Waals surface area contributed by atoms with Crippen molar-refractivity contribution in [3.8, 4) is 11.5 Å². The second-order valence-corrected chi connectivity index (χ2v) is 7.89. The number of nitrogens with zero attached hydrogens (tertiary/aromatic N) is 2. The second-order valence-electron chi connectivity index (χ2n) is 7.89. The van der Waals surface area contributed by atoms with Crippen molar-refractivity contribution in [3.05, 3.63) is 58.7 Å². The summed E-state index contributed by atoms with van der Waals surface area (Å²) >= 11 is 0. The molecular weight excluding hydrogens is 392 g/mol. The summed E-state index contributed by atoms with van der Waals surface area (Å²) in [7, 11) is 1.62. The molecule has 0 radical (unpaired) electrons. The van der Waals surface area contributed by atoms with Crippen molar-refractivity contribution in [2.75, 3.05) is 39.9 Å². The maximum atomic E-state index is 12.8. The summed E-state index contributed by atoms with van der Waals surface area (Å²) in [4.78, 5) is 29.2. The molecule has 0 unspecified atom stereocenters. The minimum absolute atomic E-state index is 0.0386. The molecule has 2 aromatic carbocycles. The Labute approximate surface area is 184 Å². The van der Waals surface area contributed by atoms with Crippen LogP contribution in [0.25, 0.3) is 0 Å². The molecule has 6 nitrogen and oxygen atoms in total. The van der Waals surface area contributed by atoms with Gasteiger partial charge in [0.1, 0.15) is 0 Å². The predicted octanol–water partition coefficient (Wildman–Crippen LogP) is 3.63. The Morgan fingerprint density at radius 3 is 2.26 bits per heavy atom. The standard InChI is InChI=1S/C25H32N2O4/c1-5-31-22-10-7-20(17-23(22)30-4)8-11-24(28)26-12-14-27(15-13-26)25(29)21-9-6-18(2)19(3)16-21/h6-7,9-10,16-17H,5,8,11-15H2,1-4H3. The lowest BCUT2D eigenvalue weighted by molar-refractivity contribution is -0.132. The lowest BCUT2D eigenvalue weighted by Gasteiger charge is -2.35. The molecule has 0 saturated carbocycles. The first kappa shape index (κ1) is 22.7. The molecule has 31 heavy (non-hydrogen) atoms. The minimum atomic E-state index is 0.0386. The van der Waals surface area contributed by atoms with Crippen LogP contribution in [0.3, 0.4) is 0 Å². The first-order chi connectivity index (χ1) is 14.9. The highest BCUT2D eigenvalue weighted by Gasteiger charge is 2.25. The van der Waals surface area contributed by atoms with Gasteiger partial charge in [-0.1, -0.05) is 12.1 Å². The van der Waals surface area contributed by atoms with E-state index in [1.165, 1.54) is 5.56 Å². The lowest BCUT2D eigenvalue weighted by atomic mass is 10.1. The van der Waals surface area contributed by atoms with Gasteiger partial charge in [-0.05, 0) is 68.1 Å². The van der Waals surface area contributed by atoms with Crippen molar-refractivity contribution in [2.45, 2.75) is 33.6 Å². The van der Waals surface area contributed by atoms with Gasteiger partial charge < -0.3 is 19.3 Å². The number of hydrogen-bond acceptors (Lipinski definition) is 4. The summed E-state index contributed by atoms with van der Waals surface area (Å²) in [5.74, 6) is 1.55. The maximum absolute atomic E-state index is 12.8. The molecule has 0 atom stereocenters. The third-order valence-electron chi connectivity index (χ3n) is 5.83. The number of methoxy groups -OCH3 is 1. The van der Waals surface area contributed by atoms with Crippen LogP contribution in [0.5, 0.6) is 11.5 Å². The largest absolute Gasteiger partial charge is 0.493 e. The van der Waals surface area contributed by atoms with E-state index >= 15 is 0 Å². The predicted molar refractivity (Wildman–Crippen MR) is 121 cm³/mol. The molecule has 2 amide bonds. The van der Waals surface area contributed by atoms with E-state index in [4.69, 9.17) is 9.47 Å². The second kappa shape index (κ2) is 10.3. The fraction of sp³-hybridized carbons (Fsp3) is 0.440. The molecule has 2 aromatic rings. The van der Waals surface area contributed by atoms with E-state index in [1.54, 1.807) is 7.11 Å². The zero-order chi connectivity index (χ0) is 22.4. The fourth-order valence-corrected chi connectivity index (χ4v) is 3.77. The van der Waals surface area contributed by atoms with Gasteiger partial charge in [-0.2, -0.15) is 0 Å². The van der Waals surface area contributed by atoms with Crippen molar-refractivity contribution < 1.29 is 19.1 Å². The summed E-state index contributed by atoms with van der Waals surface area (Å²) < 4.78 is 10.9. The van der Waals surface area contributed by atoms with Crippen LogP contribution in [0, 0.1) is 13.8 Å². The Balaban J connectivity index is 1.51. The van der Waals surface area contributed by atoms with Crippen LogP contribution in [-0.2, 0) is 11.2 Å². The molecule has 0 N–H and O–H groups in total. The van der Waals surface area contributed by atoms with Crippen molar-refractivity contribution >= 4 is 11.8 Å². The Morgan fingerprint density at radius 1 is 0.903 bits per heavy atom. The fourth-order valence-electron chi connectivity index (χ4n) is 3.77. The van der Waals surface area contributed by atoms with Crippen LogP contribution >= 0.6 is 0 Å². The van der Waals surface area contributed by atoms with Gasteiger partial charge in [0.05, 0.1) is 13.7 Å². The van der Waals surface area contributed by atoms with Gasteiger partial charge in [-0.25, -0.2) is 0 Å². The number of ether oxygens (including phenoxy) is 2. The van der Waals surface area contributed by atoms with E-state index in [0.717, 1.165) is 11.1 Å². The van der Waals surface area contributed by atoms with Gasteiger partial charge in [-0.3, -0.25) is 9.59 Å². The highest BCUT2D eigenvalue weighted by Crippen LogP contribution is 2.28. The molecule has 1 aliphatic heterocycles. The quantitative estimate of drug-likeness (QED) is 0.681. The number of amides is 2. The van der Waals surface area contributed by atoms with Crippen LogP contribution in [-0.4, -0.2) is 61.5 Å². The van der Waals surface area contributed by atoms with E-state index in [1.807, 2.05) is 67.0 Å². The van der Waals surface area contributed by atoms with Gasteiger partial charge >= 0.3 is 0 Å². The Kier molecular flexibility index (Phi) is 7.55. The number of carbonyl (C=O) groups is 2. The summed E-state index contributed by atoms with van der Waals surface area (Å²) in [6, 6.07) is 11.6. The Morgan fingerprint density at radius 2 is 1.61 bits per heavy atom. The zero-order valence-electron chi connectivity index (χ0n) is 18.9. The van der Waals surface area contributed by atoms with Crippen molar-refractivity contribution in [1.82, 2.24) is 9.80 Å². The number of rotatable bonds is 7. The normalized spacial score (nSPS) is 13.8. The van der Waals surface area contributed by atoms with Gasteiger partial charge in [0.25, 0.3) is 5.91 Å². The maximum Gasteiger partial charge on any atom is 0.253 e. The lowest BCUT2D eigenvalue weighted by Crippen LogP contribution is -2.50. The summed E-state index contributed by atoms with van der Waals surface area (Å²) in [5.41, 5.74) is 4.05. The number of aryl methyl sites for hydroxylation is 3. The van der Waals surface area contributed by atoms with E-state index in [9.17, 15) is 9.59 Å². The van der Waals surface area contributed by atoms with Crippen molar-refractivity contribution in [1.29, 1.82) is 0 Å². The zero-order valence-corrected chi connectivity index (χ0v) is 18.9. The molecule has 0 aliphatic carbocycles. The van der Waals surface area contributed by atoms with E-state index in [2.05, 4.69) is 0 Å². The molecular formula is C25H32N2O4. The average Bonchev–Trinajstić information content (AvgIpc) is 2.79. The smallest absolute Gasteiger partial charge is 0.253 e. The van der Waals surface area contributed by atoms with Gasteiger partial charge in [0.2, 0.25) is 5.91 Å². The van der Waals surface area contributed by atoms with Crippen molar-refractivity contribution in [2.24, 2.45) is 0 Å². The molecule has 0 spiro atoms. The SMILES string of the molecule is CCOc1ccc(CCC(=O)N2CCN(C(=O)c3ccc(C)c(C)c3)CC2)cc1OC. The summed E-state index contributed by atoms with van der Waals surface area (Å²) in [6.45, 7) is 8.83. The van der Waals surface area contributed by atoms with Crippen LogP contribution in [0.15, 0.2) is 36.4 Å². The van der Waals surface area contributed by atoms with E-state index in [0.29, 0.717) is 62.7 Å². The van der Waals surface area contributed by atoms with Crippen LogP contribution in [0.1, 0.15) is 40.4 Å². The molecule has 3 rings (SSSR count). The Bertz CT molecular complexity index is 933. The average molecular weight is 425 g/mol. The van der Waals surface area contributed by atoms with Crippen LogP contribution in [0.2, 0.25) is 0 Å². The first-order valence-electron chi connectivity index (χ1n) is 10.9. The Hall–Kier alpha value is -3.02. The monoisotopic (exact) mass is 424 g/mol.